The molecule has 0 radical (unpaired) electrons. The van der Waals surface area contributed by atoms with Crippen LogP contribution in [0.4, 0.5) is 0 Å². The number of esters is 1. The first kappa shape index (κ1) is 4.08. The molecule has 0 aromatic rings. The maximum absolute atomic E-state index is 10.8. The van der Waals surface area contributed by atoms with E-state index < -0.39 is 24.7 Å². The van der Waals surface area contributed by atoms with Crippen molar-refractivity contribution in [1.82, 2.24) is 5.32 Å². The number of hydrogen-bond acceptors (Lipinski definition) is 4. The zero-order valence-electron chi connectivity index (χ0n) is 9.72. The number of carbonyl (C=O) groups excluding carboxylic acids is 2. The summed E-state index contributed by atoms with van der Waals surface area (Å²) >= 11 is 0. The van der Waals surface area contributed by atoms with E-state index in [-0.39, 0.29) is 0 Å². The van der Waals surface area contributed by atoms with E-state index in [4.69, 9.17) is 5.48 Å². The maximum Gasteiger partial charge on any atom is 0.319 e. The van der Waals surface area contributed by atoms with Gasteiger partial charge in [-0.25, -0.2) is 0 Å². The molecule has 0 spiro atoms. The van der Waals surface area contributed by atoms with Crippen molar-refractivity contribution in [2.45, 2.75) is 6.92 Å². The van der Waals surface area contributed by atoms with E-state index >= 15 is 0 Å². The van der Waals surface area contributed by atoms with Gasteiger partial charge < -0.3 is 10.1 Å². The average molecular weight is 149 g/mol. The molecule has 4 nitrogen and oxygen atoms in total. The monoisotopic (exact) mass is 149 g/mol. The summed E-state index contributed by atoms with van der Waals surface area (Å²) in [4.78, 5) is 21.5. The van der Waals surface area contributed by atoms with E-state index in [1.807, 2.05) is 0 Å². The Labute approximate surface area is 65.2 Å². The van der Waals surface area contributed by atoms with Crippen LogP contribution in [-0.4, -0.2) is 31.9 Å². The molecule has 4 heteroatoms. The zero-order valence-corrected chi connectivity index (χ0v) is 5.72. The SMILES string of the molecule is [2H]C([2H])(NC([2H])([2H])C(=O)OC)C(C)=O. The number of methoxy groups -OCH3 is 1. The van der Waals surface area contributed by atoms with Crippen LogP contribution in [0.5, 0.6) is 0 Å². The highest BCUT2D eigenvalue weighted by molar-refractivity contribution is 5.78. The Bertz CT molecular complexity index is 253. The molecule has 0 atom stereocenters. The van der Waals surface area contributed by atoms with Gasteiger partial charge in [-0.15, -0.1) is 0 Å². The topological polar surface area (TPSA) is 55.4 Å². The van der Waals surface area contributed by atoms with Crippen LogP contribution in [-0.2, 0) is 14.3 Å². The second-order valence-electron chi connectivity index (χ2n) is 1.42. The minimum atomic E-state index is -2.73. The quantitative estimate of drug-likeness (QED) is 0.539. The summed E-state index contributed by atoms with van der Waals surface area (Å²) in [6, 6.07) is 0. The van der Waals surface area contributed by atoms with Crippen molar-refractivity contribution >= 4 is 11.8 Å². The Morgan fingerprint density at radius 2 is 2.20 bits per heavy atom. The third-order valence-electron chi connectivity index (χ3n) is 0.588. The van der Waals surface area contributed by atoms with Crippen LogP contribution in [0.15, 0.2) is 0 Å². The second-order valence-corrected chi connectivity index (χ2v) is 1.42. The molecule has 10 heavy (non-hydrogen) atoms. The number of ketones is 1. The van der Waals surface area contributed by atoms with Gasteiger partial charge >= 0.3 is 5.97 Å². The minimum absolute atomic E-state index is 0.926. The smallest absolute Gasteiger partial charge is 0.319 e. The zero-order chi connectivity index (χ0) is 11.6. The summed E-state index contributed by atoms with van der Waals surface area (Å²) in [5, 5.41) is 1.63. The number of hydrogen-bond donors (Lipinski definition) is 1. The van der Waals surface area contributed by atoms with E-state index in [0.29, 0.717) is 0 Å². The predicted molar refractivity (Wildman–Crippen MR) is 35.6 cm³/mol. The molecule has 0 bridgehead atoms. The number of carbonyl (C=O) groups is 2. The van der Waals surface area contributed by atoms with E-state index in [9.17, 15) is 9.59 Å². The number of rotatable bonds is 4. The highest BCUT2D eigenvalue weighted by Gasteiger charge is 1.98. The van der Waals surface area contributed by atoms with Gasteiger partial charge in [0.1, 0.15) is 5.78 Å². The van der Waals surface area contributed by atoms with Gasteiger partial charge in [-0.2, -0.15) is 0 Å². The highest BCUT2D eigenvalue weighted by atomic mass is 16.5. The van der Waals surface area contributed by atoms with Gasteiger partial charge in [0, 0.05) is 0 Å². The van der Waals surface area contributed by atoms with Gasteiger partial charge in [0.25, 0.3) is 0 Å². The Kier molecular flexibility index (Phi) is 2.01. The Hall–Kier alpha value is -0.900. The molecule has 0 aromatic carbocycles. The first-order chi connectivity index (χ1) is 6.13. The lowest BCUT2D eigenvalue weighted by atomic mass is 10.4. The average Bonchev–Trinajstić information content (AvgIpc) is 2.00. The van der Waals surface area contributed by atoms with E-state index in [0.717, 1.165) is 14.0 Å². The van der Waals surface area contributed by atoms with Gasteiger partial charge in [0.2, 0.25) is 0 Å². The molecule has 0 unspecified atom stereocenters. The standard InChI is InChI=1S/C6H11NO3/c1-5(8)3-7-4-6(9)10-2/h7H,3-4H2,1-2H3/i3D2,4D2. The van der Waals surface area contributed by atoms with Gasteiger partial charge in [-0.3, -0.25) is 9.59 Å². The Balaban J connectivity index is 4.66. The molecule has 0 aliphatic heterocycles. The first-order valence-corrected chi connectivity index (χ1v) is 2.52. The van der Waals surface area contributed by atoms with Crippen LogP contribution < -0.4 is 5.32 Å². The molecular weight excluding hydrogens is 134 g/mol. The molecule has 0 saturated carbocycles. The lowest BCUT2D eigenvalue weighted by Crippen LogP contribution is -2.27. The predicted octanol–water partition coefficient (Wildman–Crippen LogP) is -0.662. The number of nitrogens with one attached hydrogen (secondary N) is 1. The Morgan fingerprint density at radius 3 is 2.60 bits per heavy atom. The van der Waals surface area contributed by atoms with Gasteiger partial charge in [0.05, 0.1) is 25.6 Å². The van der Waals surface area contributed by atoms with Crippen molar-refractivity contribution in [2.75, 3.05) is 20.1 Å². The van der Waals surface area contributed by atoms with Crippen molar-refractivity contribution in [2.24, 2.45) is 0 Å². The lowest BCUT2D eigenvalue weighted by Gasteiger charge is -1.98. The van der Waals surface area contributed by atoms with E-state index in [2.05, 4.69) is 4.74 Å². The number of Topliss-reactive ketones (excluding diaryl/α,β-unsaturated/α-hetero) is 1. The van der Waals surface area contributed by atoms with Crippen LogP contribution in [0.25, 0.3) is 0 Å². The molecule has 0 fully saturated rings. The fraction of sp³-hybridized carbons (Fsp3) is 0.667. The van der Waals surface area contributed by atoms with Crippen LogP contribution >= 0.6 is 0 Å². The fourth-order valence-corrected chi connectivity index (χ4v) is 0.221. The third-order valence-corrected chi connectivity index (χ3v) is 0.588. The molecule has 0 saturated heterocycles. The van der Waals surface area contributed by atoms with Crippen LogP contribution in [0, 0.1) is 0 Å². The van der Waals surface area contributed by atoms with Crippen LogP contribution in [0.1, 0.15) is 12.4 Å². The summed E-state index contributed by atoms with van der Waals surface area (Å²) in [7, 11) is 0.963. The van der Waals surface area contributed by atoms with Gasteiger partial charge in [0.15, 0.2) is 0 Å². The highest BCUT2D eigenvalue weighted by Crippen LogP contribution is 1.69. The summed E-state index contributed by atoms with van der Waals surface area (Å²) in [6.45, 7) is -4.39. The molecule has 1 N–H and O–H groups in total. The van der Waals surface area contributed by atoms with Crippen LogP contribution in [0.3, 0.4) is 0 Å². The van der Waals surface area contributed by atoms with Crippen molar-refractivity contribution < 1.29 is 19.8 Å². The molecular formula is C6H11NO3. The summed E-state index contributed by atoms with van der Waals surface area (Å²) < 4.78 is 32.4. The molecule has 0 rings (SSSR count). The summed E-state index contributed by atoms with van der Waals surface area (Å²) in [6.07, 6.45) is 0. The lowest BCUT2D eigenvalue weighted by molar-refractivity contribution is -0.139. The van der Waals surface area contributed by atoms with E-state index in [1.54, 1.807) is 5.32 Å². The van der Waals surface area contributed by atoms with Crippen molar-refractivity contribution in [3.63, 3.8) is 0 Å². The number of ether oxygens (including phenoxy) is 1. The van der Waals surface area contributed by atoms with E-state index in [1.165, 1.54) is 0 Å². The normalized spacial score (nSPS) is 17.8. The third kappa shape index (κ3) is 5.24. The summed E-state index contributed by atoms with van der Waals surface area (Å²) in [5.41, 5.74) is 0. The summed E-state index contributed by atoms with van der Waals surface area (Å²) in [5.74, 6) is -2.21. The molecule has 58 valence electrons. The largest absolute Gasteiger partial charge is 0.468 e. The fourth-order valence-electron chi connectivity index (χ4n) is 0.221. The molecule has 0 heterocycles. The van der Waals surface area contributed by atoms with Crippen LogP contribution in [0.2, 0.25) is 0 Å². The second kappa shape index (κ2) is 4.93. The molecule has 0 aliphatic rings. The first-order valence-electron chi connectivity index (χ1n) is 4.52. The maximum atomic E-state index is 10.8. The van der Waals surface area contributed by atoms with Crippen molar-refractivity contribution in [1.29, 1.82) is 0 Å². The molecule has 0 amide bonds. The van der Waals surface area contributed by atoms with Crippen molar-refractivity contribution in [3.05, 3.63) is 0 Å². The minimum Gasteiger partial charge on any atom is -0.468 e. The van der Waals surface area contributed by atoms with Gasteiger partial charge in [-0.1, -0.05) is 0 Å². The molecule has 0 aromatic heterocycles. The van der Waals surface area contributed by atoms with Crippen molar-refractivity contribution in [3.8, 4) is 0 Å². The molecule has 0 aliphatic carbocycles. The van der Waals surface area contributed by atoms with Gasteiger partial charge in [-0.05, 0) is 6.92 Å². The Morgan fingerprint density at radius 1 is 1.60 bits per heavy atom.